The third kappa shape index (κ3) is 9.78. The molecule has 0 amide bonds. The van der Waals surface area contributed by atoms with Gasteiger partial charge in [0, 0.05) is 17.8 Å². The minimum atomic E-state index is -0.343. The zero-order chi connectivity index (χ0) is 16.8. The van der Waals surface area contributed by atoms with Crippen LogP contribution in [0.4, 0.5) is 0 Å². The quantitative estimate of drug-likeness (QED) is 0.666. The van der Waals surface area contributed by atoms with E-state index in [0.29, 0.717) is 18.8 Å². The van der Waals surface area contributed by atoms with Crippen LogP contribution >= 0.6 is 0 Å². The smallest absolute Gasteiger partial charge is 0.158 e. The lowest BCUT2D eigenvalue weighted by molar-refractivity contribution is -0.132. The van der Waals surface area contributed by atoms with Gasteiger partial charge in [-0.2, -0.15) is 0 Å². The molecule has 0 aliphatic carbocycles. The molecule has 0 aromatic carbocycles. The van der Waals surface area contributed by atoms with Gasteiger partial charge >= 0.3 is 0 Å². The van der Waals surface area contributed by atoms with E-state index in [1.807, 2.05) is 41.5 Å². The fourth-order valence-corrected chi connectivity index (χ4v) is 2.24. The fourth-order valence-electron chi connectivity index (χ4n) is 2.24. The van der Waals surface area contributed by atoms with E-state index >= 15 is 0 Å². The Morgan fingerprint density at radius 1 is 1.00 bits per heavy atom. The molecule has 1 atom stereocenters. The molecule has 3 heteroatoms. The lowest BCUT2D eigenvalue weighted by Crippen LogP contribution is -2.30. The summed E-state index contributed by atoms with van der Waals surface area (Å²) in [6.07, 6.45) is 1.92. The van der Waals surface area contributed by atoms with Crippen LogP contribution in [0, 0.1) is 17.3 Å². The van der Waals surface area contributed by atoms with Gasteiger partial charge < -0.3 is 4.74 Å². The minimum absolute atomic E-state index is 0.0245. The number of rotatable bonds is 8. The maximum absolute atomic E-state index is 12.5. The molecule has 0 fully saturated rings. The number of carbonyl (C=O) groups excluding carboxylic acids is 2. The molecule has 0 spiro atoms. The number of carbonyl (C=O) groups is 2. The maximum atomic E-state index is 12.5. The standard InChI is InChI=1S/C18H34O3/c1-13(2)11-14(16(20)17(3,4)5)9-10-15(19)12-21-18(6,7)8/h13-14H,9-12H2,1-8H3/t14-/m1/s1. The van der Waals surface area contributed by atoms with Crippen LogP contribution in [0.15, 0.2) is 0 Å². The van der Waals surface area contributed by atoms with E-state index in [-0.39, 0.29) is 35.1 Å². The second kappa shape index (κ2) is 8.07. The lowest BCUT2D eigenvalue weighted by Gasteiger charge is -2.26. The van der Waals surface area contributed by atoms with Crippen LogP contribution in [-0.4, -0.2) is 23.8 Å². The van der Waals surface area contributed by atoms with Gasteiger partial charge in [0.15, 0.2) is 5.78 Å². The van der Waals surface area contributed by atoms with E-state index < -0.39 is 0 Å². The van der Waals surface area contributed by atoms with E-state index in [2.05, 4.69) is 13.8 Å². The van der Waals surface area contributed by atoms with Gasteiger partial charge in [0.05, 0.1) is 5.60 Å². The van der Waals surface area contributed by atoms with Crippen molar-refractivity contribution in [2.45, 2.75) is 80.3 Å². The molecule has 0 rings (SSSR count). The Kier molecular flexibility index (Phi) is 7.80. The summed E-state index contributed by atoms with van der Waals surface area (Å²) in [5.41, 5.74) is -0.640. The van der Waals surface area contributed by atoms with Gasteiger partial charge in [-0.3, -0.25) is 9.59 Å². The number of hydrogen-bond donors (Lipinski definition) is 0. The van der Waals surface area contributed by atoms with Crippen molar-refractivity contribution < 1.29 is 14.3 Å². The van der Waals surface area contributed by atoms with E-state index in [9.17, 15) is 9.59 Å². The summed E-state index contributed by atoms with van der Waals surface area (Å²) in [4.78, 5) is 24.4. The van der Waals surface area contributed by atoms with Gasteiger partial charge in [-0.15, -0.1) is 0 Å². The van der Waals surface area contributed by atoms with Crippen LogP contribution in [-0.2, 0) is 14.3 Å². The summed E-state index contributed by atoms with van der Waals surface area (Å²) in [6, 6.07) is 0. The van der Waals surface area contributed by atoms with Crippen molar-refractivity contribution in [1.82, 2.24) is 0 Å². The topological polar surface area (TPSA) is 43.4 Å². The summed E-state index contributed by atoms with van der Waals surface area (Å²) in [5, 5.41) is 0. The predicted octanol–water partition coefficient (Wildman–Crippen LogP) is 4.43. The molecular formula is C18H34O3. The van der Waals surface area contributed by atoms with Gasteiger partial charge in [0.2, 0.25) is 0 Å². The van der Waals surface area contributed by atoms with E-state index in [1.165, 1.54) is 0 Å². The molecule has 0 saturated carbocycles. The van der Waals surface area contributed by atoms with Crippen molar-refractivity contribution in [1.29, 1.82) is 0 Å². The minimum Gasteiger partial charge on any atom is -0.368 e. The van der Waals surface area contributed by atoms with Crippen LogP contribution in [0.25, 0.3) is 0 Å². The Morgan fingerprint density at radius 3 is 1.90 bits per heavy atom. The monoisotopic (exact) mass is 298 g/mol. The molecule has 0 N–H and O–H groups in total. The fraction of sp³-hybridized carbons (Fsp3) is 0.889. The summed E-state index contributed by atoms with van der Waals surface area (Å²) in [6.45, 7) is 16.0. The van der Waals surface area contributed by atoms with Gasteiger partial charge in [0.1, 0.15) is 12.4 Å². The van der Waals surface area contributed by atoms with Crippen LogP contribution in [0.3, 0.4) is 0 Å². The molecule has 0 aromatic rings. The van der Waals surface area contributed by atoms with Crippen LogP contribution in [0.2, 0.25) is 0 Å². The van der Waals surface area contributed by atoms with Crippen molar-refractivity contribution in [2.75, 3.05) is 6.61 Å². The van der Waals surface area contributed by atoms with Crippen molar-refractivity contribution in [3.05, 3.63) is 0 Å². The zero-order valence-corrected chi connectivity index (χ0v) is 15.2. The highest BCUT2D eigenvalue weighted by atomic mass is 16.5. The second-order valence-corrected chi connectivity index (χ2v) is 8.42. The molecular weight excluding hydrogens is 264 g/mol. The van der Waals surface area contributed by atoms with Crippen molar-refractivity contribution in [3.63, 3.8) is 0 Å². The second-order valence-electron chi connectivity index (χ2n) is 8.42. The SMILES string of the molecule is CC(C)C[C@@H](CCC(=O)COC(C)(C)C)C(=O)C(C)(C)C. The molecule has 124 valence electrons. The number of ketones is 2. The third-order valence-electron chi connectivity index (χ3n) is 3.30. The van der Waals surface area contributed by atoms with Gasteiger partial charge in [-0.25, -0.2) is 0 Å². The van der Waals surface area contributed by atoms with E-state index in [0.717, 1.165) is 6.42 Å². The Bertz CT molecular complexity index is 342. The average molecular weight is 298 g/mol. The van der Waals surface area contributed by atoms with Gasteiger partial charge in [-0.1, -0.05) is 34.6 Å². The highest BCUT2D eigenvalue weighted by Gasteiger charge is 2.30. The molecule has 21 heavy (non-hydrogen) atoms. The van der Waals surface area contributed by atoms with Crippen molar-refractivity contribution >= 4 is 11.6 Å². The molecule has 0 aromatic heterocycles. The third-order valence-corrected chi connectivity index (χ3v) is 3.30. The van der Waals surface area contributed by atoms with Crippen LogP contribution in [0.1, 0.15) is 74.7 Å². The summed E-state index contributed by atoms with van der Waals surface area (Å²) < 4.78 is 5.50. The Hall–Kier alpha value is -0.700. The molecule has 0 radical (unpaired) electrons. The van der Waals surface area contributed by atoms with Gasteiger partial charge in [0.25, 0.3) is 0 Å². The summed E-state index contributed by atoms with van der Waals surface area (Å²) in [7, 11) is 0. The first-order valence-electron chi connectivity index (χ1n) is 8.03. The number of hydrogen-bond acceptors (Lipinski definition) is 3. The average Bonchev–Trinajstić information content (AvgIpc) is 2.28. The summed E-state index contributed by atoms with van der Waals surface area (Å²) in [5.74, 6) is 0.784. The number of ether oxygens (including phenoxy) is 1. The van der Waals surface area contributed by atoms with E-state index in [4.69, 9.17) is 4.74 Å². The van der Waals surface area contributed by atoms with Crippen molar-refractivity contribution in [2.24, 2.45) is 17.3 Å². The summed E-state index contributed by atoms with van der Waals surface area (Å²) >= 11 is 0. The normalized spacial score (nSPS) is 14.3. The van der Waals surface area contributed by atoms with Crippen LogP contribution in [0.5, 0.6) is 0 Å². The first-order chi connectivity index (χ1) is 9.33. The molecule has 0 saturated heterocycles. The first kappa shape index (κ1) is 20.3. The predicted molar refractivity (Wildman–Crippen MR) is 87.4 cm³/mol. The highest BCUT2D eigenvalue weighted by Crippen LogP contribution is 2.28. The van der Waals surface area contributed by atoms with E-state index in [1.54, 1.807) is 0 Å². The van der Waals surface area contributed by atoms with Crippen LogP contribution < -0.4 is 0 Å². The maximum Gasteiger partial charge on any atom is 0.158 e. The molecule has 0 heterocycles. The van der Waals surface area contributed by atoms with Crippen molar-refractivity contribution in [3.8, 4) is 0 Å². The number of Topliss-reactive ketones (excluding diaryl/α,β-unsaturated/α-hetero) is 2. The highest BCUT2D eigenvalue weighted by molar-refractivity contribution is 5.87. The van der Waals surface area contributed by atoms with Gasteiger partial charge in [-0.05, 0) is 39.5 Å². The Morgan fingerprint density at radius 2 is 1.52 bits per heavy atom. The molecule has 0 aliphatic rings. The molecule has 0 bridgehead atoms. The zero-order valence-electron chi connectivity index (χ0n) is 15.2. The molecule has 3 nitrogen and oxygen atoms in total. The Balaban J connectivity index is 4.50. The molecule has 0 aliphatic heterocycles. The Labute approximate surface area is 130 Å². The lowest BCUT2D eigenvalue weighted by atomic mass is 9.77. The first-order valence-corrected chi connectivity index (χ1v) is 8.03. The largest absolute Gasteiger partial charge is 0.368 e. The molecule has 0 unspecified atom stereocenters.